The lowest BCUT2D eigenvalue weighted by molar-refractivity contribution is -0.130. The maximum atomic E-state index is 12.8. The molecule has 1 atom stereocenters. The molecule has 1 fully saturated rings. The topological polar surface area (TPSA) is 75.4 Å². The van der Waals surface area contributed by atoms with Crippen molar-refractivity contribution >= 4 is 24.2 Å². The van der Waals surface area contributed by atoms with Crippen molar-refractivity contribution in [1.82, 2.24) is 10.2 Å². The van der Waals surface area contributed by atoms with Crippen LogP contribution in [0.2, 0.25) is 0 Å². The fraction of sp³-hybridized carbons (Fsp3) is 0.500. The predicted molar refractivity (Wildman–Crippen MR) is 89.0 cm³/mol. The third kappa shape index (κ3) is 5.18. The molecule has 0 radical (unpaired) electrons. The van der Waals surface area contributed by atoms with Gasteiger partial charge in [0.15, 0.2) is 0 Å². The van der Waals surface area contributed by atoms with Crippen molar-refractivity contribution in [3.05, 3.63) is 35.6 Å². The molecule has 2 rings (SSSR count). The van der Waals surface area contributed by atoms with Gasteiger partial charge in [-0.2, -0.15) is 0 Å². The lowest BCUT2D eigenvalue weighted by Gasteiger charge is -2.22. The molecule has 1 aliphatic rings. The molecule has 7 heteroatoms. The van der Waals surface area contributed by atoms with E-state index in [1.165, 1.54) is 24.3 Å². The van der Waals surface area contributed by atoms with Gasteiger partial charge >= 0.3 is 0 Å². The molecule has 0 aliphatic carbocycles. The quantitative estimate of drug-likeness (QED) is 0.852. The summed E-state index contributed by atoms with van der Waals surface area (Å²) in [7, 11) is 0. The van der Waals surface area contributed by atoms with Gasteiger partial charge in [0.05, 0.1) is 0 Å². The van der Waals surface area contributed by atoms with Gasteiger partial charge in [0.2, 0.25) is 5.91 Å². The molecule has 0 saturated carbocycles. The maximum absolute atomic E-state index is 12.8. The molecule has 1 aromatic rings. The first-order valence-electron chi connectivity index (χ1n) is 7.45. The van der Waals surface area contributed by atoms with E-state index in [0.29, 0.717) is 18.7 Å². The van der Waals surface area contributed by atoms with E-state index in [9.17, 15) is 14.0 Å². The number of hydrogen-bond acceptors (Lipinski definition) is 3. The highest BCUT2D eigenvalue weighted by Gasteiger charge is 2.34. The second-order valence-electron chi connectivity index (χ2n) is 6.09. The molecule has 3 N–H and O–H groups in total. The number of benzene rings is 1. The van der Waals surface area contributed by atoms with E-state index in [1.54, 1.807) is 4.90 Å². The van der Waals surface area contributed by atoms with Crippen LogP contribution in [0.5, 0.6) is 0 Å². The number of likely N-dealkylation sites (tertiary alicyclic amines) is 1. The van der Waals surface area contributed by atoms with Gasteiger partial charge in [0.25, 0.3) is 5.91 Å². The number of rotatable bonds is 5. The summed E-state index contributed by atoms with van der Waals surface area (Å²) in [6.45, 7) is 4.31. The number of halogens is 2. The summed E-state index contributed by atoms with van der Waals surface area (Å²) in [4.78, 5) is 25.7. The van der Waals surface area contributed by atoms with Crippen LogP contribution in [0.3, 0.4) is 0 Å². The van der Waals surface area contributed by atoms with E-state index < -0.39 is 0 Å². The fourth-order valence-corrected chi connectivity index (χ4v) is 2.55. The van der Waals surface area contributed by atoms with Crippen molar-refractivity contribution in [2.75, 3.05) is 26.2 Å². The number of hydrogen-bond donors (Lipinski definition) is 2. The third-order valence-corrected chi connectivity index (χ3v) is 4.13. The van der Waals surface area contributed by atoms with E-state index in [2.05, 4.69) is 12.2 Å². The van der Waals surface area contributed by atoms with Crippen LogP contribution in [0.25, 0.3) is 0 Å². The Morgan fingerprint density at radius 2 is 2.00 bits per heavy atom. The summed E-state index contributed by atoms with van der Waals surface area (Å²) < 4.78 is 12.8. The molecule has 1 heterocycles. The summed E-state index contributed by atoms with van der Waals surface area (Å²) in [6.07, 6.45) is 1.17. The summed E-state index contributed by atoms with van der Waals surface area (Å²) in [5.74, 6) is -0.665. The van der Waals surface area contributed by atoms with E-state index in [-0.39, 0.29) is 48.4 Å². The van der Waals surface area contributed by atoms with Gasteiger partial charge in [0.1, 0.15) is 5.82 Å². The molecule has 2 amide bonds. The van der Waals surface area contributed by atoms with Crippen molar-refractivity contribution in [3.8, 4) is 0 Å². The second kappa shape index (κ2) is 8.26. The Balaban J connectivity index is 0.00000264. The van der Waals surface area contributed by atoms with Crippen molar-refractivity contribution in [2.45, 2.75) is 19.8 Å². The first kappa shape index (κ1) is 19.4. The number of nitrogens with one attached hydrogen (secondary N) is 1. The molecule has 0 spiro atoms. The van der Waals surface area contributed by atoms with Crippen LogP contribution in [0, 0.1) is 11.2 Å². The van der Waals surface area contributed by atoms with Gasteiger partial charge in [-0.15, -0.1) is 12.4 Å². The van der Waals surface area contributed by atoms with Crippen molar-refractivity contribution < 1.29 is 14.0 Å². The average Bonchev–Trinajstić information content (AvgIpc) is 2.91. The lowest BCUT2D eigenvalue weighted by Crippen LogP contribution is -2.36. The summed E-state index contributed by atoms with van der Waals surface area (Å²) in [5.41, 5.74) is 6.11. The van der Waals surface area contributed by atoms with Crippen LogP contribution < -0.4 is 11.1 Å². The molecule has 0 bridgehead atoms. The summed E-state index contributed by atoms with van der Waals surface area (Å²) >= 11 is 0. The Morgan fingerprint density at radius 1 is 1.35 bits per heavy atom. The van der Waals surface area contributed by atoms with Crippen LogP contribution in [-0.4, -0.2) is 42.9 Å². The highest BCUT2D eigenvalue weighted by Crippen LogP contribution is 2.28. The van der Waals surface area contributed by atoms with Crippen LogP contribution in [0.4, 0.5) is 4.39 Å². The number of amides is 2. The van der Waals surface area contributed by atoms with E-state index in [1.807, 2.05) is 0 Å². The molecule has 5 nitrogen and oxygen atoms in total. The smallest absolute Gasteiger partial charge is 0.251 e. The molecule has 128 valence electrons. The predicted octanol–water partition coefficient (Wildman–Crippen LogP) is 1.56. The lowest BCUT2D eigenvalue weighted by atomic mass is 9.90. The van der Waals surface area contributed by atoms with E-state index >= 15 is 0 Å². The minimum atomic E-state index is -0.385. The zero-order chi connectivity index (χ0) is 16.2. The zero-order valence-corrected chi connectivity index (χ0v) is 14.0. The van der Waals surface area contributed by atoms with Crippen molar-refractivity contribution in [2.24, 2.45) is 11.1 Å². The molecule has 1 unspecified atom stereocenters. The normalized spacial score (nSPS) is 20.0. The fourth-order valence-electron chi connectivity index (χ4n) is 2.55. The molecule has 0 aromatic heterocycles. The molecule has 23 heavy (non-hydrogen) atoms. The molecular weight excluding hydrogens is 321 g/mol. The first-order chi connectivity index (χ1) is 10.4. The minimum Gasteiger partial charge on any atom is -0.352 e. The maximum Gasteiger partial charge on any atom is 0.251 e. The van der Waals surface area contributed by atoms with Gasteiger partial charge in [-0.1, -0.05) is 6.92 Å². The highest BCUT2D eigenvalue weighted by atomic mass is 35.5. The Morgan fingerprint density at radius 3 is 2.57 bits per heavy atom. The molecule has 1 saturated heterocycles. The van der Waals surface area contributed by atoms with Gasteiger partial charge in [-0.25, -0.2) is 4.39 Å². The third-order valence-electron chi connectivity index (χ3n) is 4.13. The Hall–Kier alpha value is -1.66. The highest BCUT2D eigenvalue weighted by molar-refractivity contribution is 5.94. The molecule has 1 aliphatic heterocycles. The van der Waals surface area contributed by atoms with Crippen LogP contribution >= 0.6 is 12.4 Å². The summed E-state index contributed by atoms with van der Waals surface area (Å²) in [6, 6.07) is 5.30. The standard InChI is InChI=1S/C16H22FN3O2.ClH/c1-16(10-18)7-9-20(11-16)14(21)6-8-19-15(22)12-2-4-13(17)5-3-12;/h2-5H,6-11,18H2,1H3,(H,19,22);1H. The van der Waals surface area contributed by atoms with E-state index in [0.717, 1.165) is 13.0 Å². The number of nitrogens with two attached hydrogens (primary N) is 1. The van der Waals surface area contributed by atoms with Gasteiger partial charge in [-0.3, -0.25) is 9.59 Å². The van der Waals surface area contributed by atoms with Crippen LogP contribution in [0.1, 0.15) is 30.1 Å². The van der Waals surface area contributed by atoms with Gasteiger partial charge in [0, 0.05) is 31.6 Å². The zero-order valence-electron chi connectivity index (χ0n) is 13.2. The molecule has 1 aromatic carbocycles. The largest absolute Gasteiger partial charge is 0.352 e. The van der Waals surface area contributed by atoms with Crippen LogP contribution in [-0.2, 0) is 4.79 Å². The number of carbonyl (C=O) groups excluding carboxylic acids is 2. The Bertz CT molecular complexity index is 553. The molecular formula is C16H23ClFN3O2. The second-order valence-corrected chi connectivity index (χ2v) is 6.09. The summed E-state index contributed by atoms with van der Waals surface area (Å²) in [5, 5.41) is 2.67. The average molecular weight is 344 g/mol. The SMILES string of the molecule is CC1(CN)CCN(C(=O)CCNC(=O)c2ccc(F)cc2)C1.Cl. The minimum absolute atomic E-state index is 0. The monoisotopic (exact) mass is 343 g/mol. The van der Waals surface area contributed by atoms with Crippen LogP contribution in [0.15, 0.2) is 24.3 Å². The van der Waals surface area contributed by atoms with Gasteiger partial charge in [-0.05, 0) is 42.6 Å². The van der Waals surface area contributed by atoms with Gasteiger partial charge < -0.3 is 16.0 Å². The first-order valence-corrected chi connectivity index (χ1v) is 7.45. The van der Waals surface area contributed by atoms with Crippen molar-refractivity contribution in [3.63, 3.8) is 0 Å². The number of nitrogens with zero attached hydrogens (tertiary/aromatic N) is 1. The van der Waals surface area contributed by atoms with E-state index in [4.69, 9.17) is 5.73 Å². The number of carbonyl (C=O) groups is 2. The van der Waals surface area contributed by atoms with Crippen molar-refractivity contribution in [1.29, 1.82) is 0 Å². The Kier molecular flexibility index (Phi) is 6.97. The Labute approximate surface area is 141 Å².